The summed E-state index contributed by atoms with van der Waals surface area (Å²) in [5.41, 5.74) is 7.89. The monoisotopic (exact) mass is 425 g/mol. The summed E-state index contributed by atoms with van der Waals surface area (Å²) >= 11 is 6.11. The summed E-state index contributed by atoms with van der Waals surface area (Å²) in [5.74, 6) is 0.406. The third-order valence-corrected chi connectivity index (χ3v) is 6.08. The lowest BCUT2D eigenvalue weighted by molar-refractivity contribution is 0.0950. The van der Waals surface area contributed by atoms with Gasteiger partial charge in [0.05, 0.1) is 0 Å². The van der Waals surface area contributed by atoms with Crippen LogP contribution in [0.1, 0.15) is 37.2 Å². The van der Waals surface area contributed by atoms with Gasteiger partial charge in [-0.3, -0.25) is 0 Å². The molecule has 1 aromatic carbocycles. The Kier molecular flexibility index (Phi) is 6.60. The third-order valence-electron chi connectivity index (χ3n) is 5.83. The summed E-state index contributed by atoms with van der Waals surface area (Å²) in [6.07, 6.45) is 14.9. The molecule has 1 fully saturated rings. The fourth-order valence-corrected chi connectivity index (χ4v) is 4.40. The molecule has 2 N–H and O–H groups in total. The number of hydrogen-bond acceptors (Lipinski definition) is 3. The number of nitrogens with zero attached hydrogens (tertiary/aromatic N) is 2. The number of halogens is 1. The van der Waals surface area contributed by atoms with Crippen LogP contribution in [0.25, 0.3) is 17.8 Å². The molecule has 1 amide bonds. The van der Waals surface area contributed by atoms with E-state index in [1.54, 1.807) is 4.90 Å². The number of benzene rings is 1. The van der Waals surface area contributed by atoms with Crippen molar-refractivity contribution in [2.45, 2.75) is 31.6 Å². The molecule has 5 nitrogen and oxygen atoms in total. The van der Waals surface area contributed by atoms with Gasteiger partial charge in [0, 0.05) is 47.1 Å². The van der Waals surface area contributed by atoms with Crippen LogP contribution in [-0.4, -0.2) is 41.8 Å². The number of carbonyl (C=O) groups is 1. The standard InChI is InChI=1S/C24H28ClN3O2/c25-19-7-9-20(10-8-19)28-17-22(21-5-3-1-2-4-6-23(21)28)18-11-14-27(15-12-18)24(29)30-16-13-26/h1,3,5-10,17-18H,2,4,11-16,26H2. The maximum atomic E-state index is 12.1. The highest BCUT2D eigenvalue weighted by atomic mass is 35.5. The molecule has 0 bridgehead atoms. The Hall–Kier alpha value is -2.50. The minimum Gasteiger partial charge on any atom is -0.448 e. The number of fused-ring (bicyclic) bond motifs is 1. The number of piperidine rings is 1. The van der Waals surface area contributed by atoms with Gasteiger partial charge in [0.25, 0.3) is 0 Å². The first-order chi connectivity index (χ1) is 14.7. The number of rotatable bonds is 4. The van der Waals surface area contributed by atoms with Gasteiger partial charge in [0.15, 0.2) is 0 Å². The highest BCUT2D eigenvalue weighted by molar-refractivity contribution is 6.30. The molecule has 1 aliphatic heterocycles. The molecule has 2 aliphatic rings. The smallest absolute Gasteiger partial charge is 0.409 e. The van der Waals surface area contributed by atoms with Crippen LogP contribution in [0.15, 0.2) is 42.6 Å². The normalized spacial score (nSPS) is 16.8. The van der Waals surface area contributed by atoms with E-state index in [9.17, 15) is 4.79 Å². The number of ether oxygens (including phenoxy) is 1. The molecule has 0 spiro atoms. The number of allylic oxidation sites excluding steroid dienone is 2. The molecule has 30 heavy (non-hydrogen) atoms. The fraction of sp³-hybridized carbons (Fsp3) is 0.375. The van der Waals surface area contributed by atoms with Gasteiger partial charge < -0.3 is 19.9 Å². The van der Waals surface area contributed by atoms with Gasteiger partial charge in [0.1, 0.15) is 6.61 Å². The average Bonchev–Trinajstić information content (AvgIpc) is 3.09. The topological polar surface area (TPSA) is 60.5 Å². The second kappa shape index (κ2) is 9.54. The lowest BCUT2D eigenvalue weighted by atomic mass is 9.90. The van der Waals surface area contributed by atoms with E-state index in [2.05, 4.69) is 47.2 Å². The van der Waals surface area contributed by atoms with Crippen molar-refractivity contribution in [1.82, 2.24) is 9.47 Å². The Balaban J connectivity index is 1.65. The molecule has 6 heteroatoms. The maximum Gasteiger partial charge on any atom is 0.409 e. The van der Waals surface area contributed by atoms with Crippen molar-refractivity contribution < 1.29 is 9.53 Å². The van der Waals surface area contributed by atoms with Gasteiger partial charge in [0.2, 0.25) is 0 Å². The van der Waals surface area contributed by atoms with E-state index < -0.39 is 0 Å². The summed E-state index contributed by atoms with van der Waals surface area (Å²) in [6, 6.07) is 7.98. The van der Waals surface area contributed by atoms with E-state index in [1.165, 1.54) is 16.1 Å². The minimum atomic E-state index is -0.254. The van der Waals surface area contributed by atoms with E-state index in [0.29, 0.717) is 25.6 Å². The van der Waals surface area contributed by atoms with Gasteiger partial charge >= 0.3 is 6.09 Å². The summed E-state index contributed by atoms with van der Waals surface area (Å²) in [7, 11) is 0. The van der Waals surface area contributed by atoms with E-state index in [0.717, 1.165) is 36.4 Å². The molecule has 1 saturated heterocycles. The largest absolute Gasteiger partial charge is 0.448 e. The number of likely N-dealkylation sites (tertiary alicyclic amines) is 1. The molecule has 2 heterocycles. The first-order valence-corrected chi connectivity index (χ1v) is 11.0. The van der Waals surface area contributed by atoms with Crippen LogP contribution in [0.3, 0.4) is 0 Å². The lowest BCUT2D eigenvalue weighted by Crippen LogP contribution is -2.40. The van der Waals surface area contributed by atoms with Gasteiger partial charge in [-0.15, -0.1) is 0 Å². The number of carbonyl (C=O) groups excluding carboxylic acids is 1. The minimum absolute atomic E-state index is 0.254. The van der Waals surface area contributed by atoms with Gasteiger partial charge in [-0.05, 0) is 61.4 Å². The Morgan fingerprint density at radius 2 is 1.93 bits per heavy atom. The number of hydrogen-bond donors (Lipinski definition) is 1. The Morgan fingerprint density at radius 3 is 2.67 bits per heavy atom. The molecular weight excluding hydrogens is 398 g/mol. The molecule has 0 atom stereocenters. The van der Waals surface area contributed by atoms with Crippen LogP contribution in [0.2, 0.25) is 5.02 Å². The van der Waals surface area contributed by atoms with Gasteiger partial charge in [-0.2, -0.15) is 0 Å². The molecule has 0 saturated carbocycles. The van der Waals surface area contributed by atoms with Crippen molar-refractivity contribution in [2.24, 2.45) is 5.73 Å². The van der Waals surface area contributed by atoms with E-state index in [4.69, 9.17) is 22.1 Å². The van der Waals surface area contributed by atoms with Crippen LogP contribution in [0.4, 0.5) is 4.79 Å². The molecule has 1 aromatic heterocycles. The van der Waals surface area contributed by atoms with Crippen molar-refractivity contribution in [2.75, 3.05) is 26.2 Å². The second-order valence-electron chi connectivity index (χ2n) is 7.77. The summed E-state index contributed by atoms with van der Waals surface area (Å²) < 4.78 is 7.47. The first kappa shape index (κ1) is 20.8. The van der Waals surface area contributed by atoms with Gasteiger partial charge in [-0.25, -0.2) is 4.79 Å². The van der Waals surface area contributed by atoms with Crippen LogP contribution in [0, 0.1) is 0 Å². The number of aromatic nitrogens is 1. The molecule has 2 aromatic rings. The van der Waals surface area contributed by atoms with Crippen molar-refractivity contribution in [3.8, 4) is 5.69 Å². The Labute approximate surface area is 182 Å². The second-order valence-corrected chi connectivity index (χ2v) is 8.21. The van der Waals surface area contributed by atoms with Crippen LogP contribution >= 0.6 is 11.6 Å². The highest BCUT2D eigenvalue weighted by Gasteiger charge is 2.26. The van der Waals surface area contributed by atoms with Crippen molar-refractivity contribution >= 4 is 29.8 Å². The number of amides is 1. The zero-order valence-electron chi connectivity index (χ0n) is 17.1. The molecule has 1 aliphatic carbocycles. The zero-order chi connectivity index (χ0) is 20.9. The summed E-state index contributed by atoms with van der Waals surface area (Å²) in [4.78, 5) is 13.9. The van der Waals surface area contributed by atoms with Crippen LogP contribution < -0.4 is 16.3 Å². The zero-order valence-corrected chi connectivity index (χ0v) is 17.9. The molecule has 0 radical (unpaired) electrons. The van der Waals surface area contributed by atoms with Crippen LogP contribution in [-0.2, 0) is 4.74 Å². The SMILES string of the molecule is NCCOC(=O)N1CCC(c2cn(-c3ccc(Cl)cc3)c3c2=CC=CCCC=3)CC1. The first-order valence-electron chi connectivity index (χ1n) is 10.6. The van der Waals surface area contributed by atoms with Crippen molar-refractivity contribution in [3.63, 3.8) is 0 Å². The molecule has 4 rings (SSSR count). The van der Waals surface area contributed by atoms with Crippen LogP contribution in [0.5, 0.6) is 0 Å². The molecule has 0 unspecified atom stereocenters. The molecular formula is C24H28ClN3O2. The quantitative estimate of drug-likeness (QED) is 0.817. The average molecular weight is 426 g/mol. The Morgan fingerprint density at radius 1 is 1.17 bits per heavy atom. The third kappa shape index (κ3) is 4.47. The Bertz CT molecular complexity index is 1030. The maximum absolute atomic E-state index is 12.1. The predicted octanol–water partition coefficient (Wildman–Crippen LogP) is 3.32. The van der Waals surface area contributed by atoms with Crippen molar-refractivity contribution in [1.29, 1.82) is 0 Å². The van der Waals surface area contributed by atoms with Gasteiger partial charge in [-0.1, -0.05) is 35.9 Å². The summed E-state index contributed by atoms with van der Waals surface area (Å²) in [6.45, 7) is 2.03. The predicted molar refractivity (Wildman–Crippen MR) is 121 cm³/mol. The summed E-state index contributed by atoms with van der Waals surface area (Å²) in [5, 5.41) is 3.26. The highest BCUT2D eigenvalue weighted by Crippen LogP contribution is 2.27. The fourth-order valence-electron chi connectivity index (χ4n) is 4.27. The van der Waals surface area contributed by atoms with Crippen molar-refractivity contribution in [3.05, 3.63) is 63.8 Å². The van der Waals surface area contributed by atoms with E-state index >= 15 is 0 Å². The lowest BCUT2D eigenvalue weighted by Gasteiger charge is -2.31. The van der Waals surface area contributed by atoms with E-state index in [-0.39, 0.29) is 12.7 Å². The van der Waals surface area contributed by atoms with E-state index in [1.807, 2.05) is 12.1 Å². The number of nitrogens with two attached hydrogens (primary N) is 1. The molecule has 158 valence electrons.